The van der Waals surface area contributed by atoms with E-state index in [1.165, 1.54) is 0 Å². The van der Waals surface area contributed by atoms with Gasteiger partial charge < -0.3 is 10.5 Å². The predicted octanol–water partition coefficient (Wildman–Crippen LogP) is 1.82. The molecule has 0 radical (unpaired) electrons. The summed E-state index contributed by atoms with van der Waals surface area (Å²) in [6.07, 6.45) is 2.79. The molecule has 0 fully saturated rings. The van der Waals surface area contributed by atoms with Crippen LogP contribution in [-0.4, -0.2) is 59.7 Å². The lowest BCUT2D eigenvalue weighted by atomic mass is 10.0. The van der Waals surface area contributed by atoms with Gasteiger partial charge in [0.2, 0.25) is 11.8 Å². The lowest BCUT2D eigenvalue weighted by Crippen LogP contribution is -2.44. The SMILES string of the molecule is COc1ccc(C[C@@H](C(N)=O)N(C)CCCCSC(C)CC(=O)NO)cc1. The minimum Gasteiger partial charge on any atom is -0.497 e. The molecular weight excluding hydrogens is 366 g/mol. The lowest BCUT2D eigenvalue weighted by Gasteiger charge is -2.25. The van der Waals surface area contributed by atoms with Gasteiger partial charge in [-0.15, -0.1) is 0 Å². The van der Waals surface area contributed by atoms with Crippen molar-refractivity contribution in [2.24, 2.45) is 5.73 Å². The van der Waals surface area contributed by atoms with Crippen LogP contribution in [0.3, 0.4) is 0 Å². The van der Waals surface area contributed by atoms with Crippen LogP contribution in [0.25, 0.3) is 0 Å². The van der Waals surface area contributed by atoms with E-state index in [1.807, 2.05) is 43.1 Å². The second-order valence-corrected chi connectivity index (χ2v) is 8.12. The van der Waals surface area contributed by atoms with E-state index >= 15 is 0 Å². The van der Waals surface area contributed by atoms with Crippen molar-refractivity contribution < 1.29 is 19.5 Å². The van der Waals surface area contributed by atoms with Gasteiger partial charge in [0.1, 0.15) is 5.75 Å². The first-order valence-electron chi connectivity index (χ1n) is 9.04. The molecule has 0 spiro atoms. The van der Waals surface area contributed by atoms with Gasteiger partial charge in [0.15, 0.2) is 0 Å². The van der Waals surface area contributed by atoms with E-state index in [0.717, 1.165) is 36.5 Å². The number of carbonyl (C=O) groups is 2. The van der Waals surface area contributed by atoms with E-state index in [-0.39, 0.29) is 23.1 Å². The molecule has 1 rings (SSSR count). The lowest BCUT2D eigenvalue weighted by molar-refractivity contribution is -0.129. The summed E-state index contributed by atoms with van der Waals surface area (Å²) in [4.78, 5) is 25.0. The molecule has 0 aliphatic rings. The molecule has 1 aromatic rings. The largest absolute Gasteiger partial charge is 0.497 e. The smallest absolute Gasteiger partial charge is 0.244 e. The molecule has 2 atom stereocenters. The molecule has 0 aromatic heterocycles. The summed E-state index contributed by atoms with van der Waals surface area (Å²) in [5, 5.41) is 8.68. The third kappa shape index (κ3) is 9.12. The normalized spacial score (nSPS) is 13.2. The van der Waals surface area contributed by atoms with Crippen LogP contribution < -0.4 is 16.0 Å². The van der Waals surface area contributed by atoms with Gasteiger partial charge in [0, 0.05) is 11.7 Å². The van der Waals surface area contributed by atoms with Crippen LogP contribution in [-0.2, 0) is 16.0 Å². The molecule has 1 unspecified atom stereocenters. The van der Waals surface area contributed by atoms with Crippen LogP contribution in [0.5, 0.6) is 5.75 Å². The van der Waals surface area contributed by atoms with Crippen molar-refractivity contribution in [2.75, 3.05) is 26.5 Å². The summed E-state index contributed by atoms with van der Waals surface area (Å²) >= 11 is 1.70. The zero-order valence-corrected chi connectivity index (χ0v) is 17.1. The minimum absolute atomic E-state index is 0.156. The Morgan fingerprint density at radius 1 is 1.30 bits per heavy atom. The van der Waals surface area contributed by atoms with E-state index < -0.39 is 0 Å². The molecule has 2 amide bonds. The van der Waals surface area contributed by atoms with Gasteiger partial charge in [0.25, 0.3) is 0 Å². The molecule has 0 aliphatic carbocycles. The van der Waals surface area contributed by atoms with Crippen molar-refractivity contribution in [3.63, 3.8) is 0 Å². The number of likely N-dealkylation sites (N-methyl/N-ethyl adjacent to an activating group) is 1. The molecule has 152 valence electrons. The number of nitrogens with two attached hydrogens (primary N) is 1. The highest BCUT2D eigenvalue weighted by Gasteiger charge is 2.21. The van der Waals surface area contributed by atoms with Crippen LogP contribution in [0.1, 0.15) is 31.7 Å². The van der Waals surface area contributed by atoms with Crippen LogP contribution in [0, 0.1) is 0 Å². The fraction of sp³-hybridized carbons (Fsp3) is 0.579. The average molecular weight is 398 g/mol. The van der Waals surface area contributed by atoms with E-state index in [9.17, 15) is 9.59 Å². The maximum Gasteiger partial charge on any atom is 0.244 e. The number of hydroxylamine groups is 1. The molecule has 0 saturated carbocycles. The molecule has 0 saturated heterocycles. The summed E-state index contributed by atoms with van der Waals surface area (Å²) in [6, 6.07) is 7.30. The number of rotatable bonds is 13. The molecule has 0 aliphatic heterocycles. The zero-order valence-electron chi connectivity index (χ0n) is 16.3. The quantitative estimate of drug-likeness (QED) is 0.266. The van der Waals surface area contributed by atoms with Crippen LogP contribution >= 0.6 is 11.8 Å². The Morgan fingerprint density at radius 2 is 1.96 bits per heavy atom. The summed E-state index contributed by atoms with van der Waals surface area (Å²) in [5.74, 6) is 1.02. The van der Waals surface area contributed by atoms with Crippen molar-refractivity contribution in [1.29, 1.82) is 0 Å². The van der Waals surface area contributed by atoms with Crippen molar-refractivity contribution in [1.82, 2.24) is 10.4 Å². The third-order valence-electron chi connectivity index (χ3n) is 4.35. The number of nitrogens with zero attached hydrogens (tertiary/aromatic N) is 1. The standard InChI is InChI=1S/C19H31N3O4S/c1-14(12-18(23)21-25)27-11-5-4-10-22(2)17(19(20)24)13-15-6-8-16(26-3)9-7-15/h6-9,14,17,25H,4-5,10-13H2,1-3H3,(H2,20,24)(H,21,23)/t14?,17-/m0/s1. The van der Waals surface area contributed by atoms with E-state index in [0.29, 0.717) is 12.8 Å². The van der Waals surface area contributed by atoms with E-state index in [2.05, 4.69) is 0 Å². The second kappa shape index (κ2) is 12.6. The number of nitrogens with one attached hydrogen (secondary N) is 1. The molecule has 0 heterocycles. The van der Waals surface area contributed by atoms with Gasteiger partial charge in [-0.25, -0.2) is 5.48 Å². The Labute approximate surface area is 165 Å². The van der Waals surface area contributed by atoms with Gasteiger partial charge in [-0.05, 0) is 56.3 Å². The Bertz CT molecular complexity index is 583. The van der Waals surface area contributed by atoms with Crippen molar-refractivity contribution in [2.45, 2.75) is 43.9 Å². The first-order valence-corrected chi connectivity index (χ1v) is 10.1. The van der Waals surface area contributed by atoms with Crippen molar-refractivity contribution >= 4 is 23.6 Å². The van der Waals surface area contributed by atoms with Crippen LogP contribution in [0.4, 0.5) is 0 Å². The average Bonchev–Trinajstić information content (AvgIpc) is 2.65. The second-order valence-electron chi connectivity index (χ2n) is 6.58. The highest BCUT2D eigenvalue weighted by atomic mass is 32.2. The first-order chi connectivity index (χ1) is 12.9. The summed E-state index contributed by atoms with van der Waals surface area (Å²) in [6.45, 7) is 2.74. The number of ether oxygens (including phenoxy) is 1. The predicted molar refractivity (Wildman–Crippen MR) is 108 cm³/mol. The maximum absolute atomic E-state index is 11.9. The van der Waals surface area contributed by atoms with E-state index in [4.69, 9.17) is 15.7 Å². The van der Waals surface area contributed by atoms with Gasteiger partial charge in [-0.2, -0.15) is 11.8 Å². The Balaban J connectivity index is 2.37. The van der Waals surface area contributed by atoms with Gasteiger partial charge in [-0.3, -0.25) is 19.7 Å². The fourth-order valence-corrected chi connectivity index (χ4v) is 3.77. The topological polar surface area (TPSA) is 105 Å². The van der Waals surface area contributed by atoms with Gasteiger partial charge in [-0.1, -0.05) is 19.1 Å². The molecule has 7 nitrogen and oxygen atoms in total. The van der Waals surface area contributed by atoms with E-state index in [1.54, 1.807) is 24.4 Å². The van der Waals surface area contributed by atoms with Crippen molar-refractivity contribution in [3.05, 3.63) is 29.8 Å². The molecule has 8 heteroatoms. The number of carbonyl (C=O) groups excluding carboxylic acids is 2. The Hall–Kier alpha value is -1.77. The van der Waals surface area contributed by atoms with Crippen molar-refractivity contribution in [3.8, 4) is 5.75 Å². The molecular formula is C19H31N3O4S. The Morgan fingerprint density at radius 3 is 2.52 bits per heavy atom. The third-order valence-corrected chi connectivity index (χ3v) is 5.61. The molecule has 4 N–H and O–H groups in total. The highest BCUT2D eigenvalue weighted by Crippen LogP contribution is 2.17. The first kappa shape index (κ1) is 23.3. The van der Waals surface area contributed by atoms with Gasteiger partial charge >= 0.3 is 0 Å². The number of hydrogen-bond donors (Lipinski definition) is 3. The van der Waals surface area contributed by atoms with Crippen LogP contribution in [0.2, 0.25) is 0 Å². The maximum atomic E-state index is 11.9. The molecule has 27 heavy (non-hydrogen) atoms. The number of thioether (sulfide) groups is 1. The van der Waals surface area contributed by atoms with Gasteiger partial charge in [0.05, 0.1) is 13.2 Å². The number of amides is 2. The number of benzene rings is 1. The molecule has 1 aromatic carbocycles. The minimum atomic E-state index is -0.363. The summed E-state index contributed by atoms with van der Waals surface area (Å²) in [5.41, 5.74) is 8.30. The molecule has 0 bridgehead atoms. The zero-order chi connectivity index (χ0) is 20.2. The summed E-state index contributed by atoms with van der Waals surface area (Å²) < 4.78 is 5.15. The number of hydrogen-bond acceptors (Lipinski definition) is 6. The van der Waals surface area contributed by atoms with Crippen LogP contribution in [0.15, 0.2) is 24.3 Å². The highest BCUT2D eigenvalue weighted by molar-refractivity contribution is 7.99. The monoisotopic (exact) mass is 397 g/mol. The Kier molecular flexibility index (Phi) is 10.8. The number of unbranched alkanes of at least 4 members (excludes halogenated alkanes) is 1. The summed E-state index contributed by atoms with van der Waals surface area (Å²) in [7, 11) is 3.54. The number of methoxy groups -OCH3 is 1. The number of primary amides is 1. The fourth-order valence-electron chi connectivity index (χ4n) is 2.73.